The zero-order valence-corrected chi connectivity index (χ0v) is 12.6. The first-order chi connectivity index (χ1) is 9.47. The summed E-state index contributed by atoms with van der Waals surface area (Å²) in [6.45, 7) is -0.790. The lowest BCUT2D eigenvalue weighted by molar-refractivity contribution is -0.124. The van der Waals surface area contributed by atoms with E-state index in [-0.39, 0.29) is 48.8 Å². The van der Waals surface area contributed by atoms with Crippen LogP contribution in [0.25, 0.3) is 0 Å². The topological polar surface area (TPSA) is 73.6 Å². The second kappa shape index (κ2) is 9.36. The Hall–Kier alpha value is -1.60. The smallest absolute Gasteiger partial charge is 0.387 e. The molecule has 5 nitrogen and oxygen atoms in total. The molecule has 0 aliphatic rings. The van der Waals surface area contributed by atoms with Gasteiger partial charge in [-0.15, -0.1) is 12.4 Å². The first kappa shape index (κ1) is 19.4. The maximum atomic E-state index is 12.3. The largest absolute Gasteiger partial charge is 0.493 e. The van der Waals surface area contributed by atoms with Gasteiger partial charge in [-0.25, -0.2) is 0 Å². The van der Waals surface area contributed by atoms with E-state index in [9.17, 15) is 13.6 Å². The number of amides is 1. The number of nitrogens with two attached hydrogens (primary N) is 1. The molecule has 0 aromatic heterocycles. The molecule has 1 aromatic carbocycles. The third-order valence-electron chi connectivity index (χ3n) is 2.71. The highest BCUT2D eigenvalue weighted by Crippen LogP contribution is 2.29. The lowest BCUT2D eigenvalue weighted by atomic mass is 10.1. The number of benzene rings is 1. The lowest BCUT2D eigenvalue weighted by Crippen LogP contribution is -2.32. The van der Waals surface area contributed by atoms with Crippen molar-refractivity contribution in [1.29, 1.82) is 0 Å². The van der Waals surface area contributed by atoms with E-state index < -0.39 is 6.61 Å². The van der Waals surface area contributed by atoms with Crippen LogP contribution in [0.15, 0.2) is 18.2 Å². The summed E-state index contributed by atoms with van der Waals surface area (Å²) in [6.07, 6.45) is 0. The number of nitrogens with one attached hydrogen (secondary N) is 1. The molecule has 8 heteroatoms. The molecule has 0 heterocycles. The molecule has 0 radical (unpaired) electrons. The number of halogens is 3. The van der Waals surface area contributed by atoms with Gasteiger partial charge in [0.2, 0.25) is 5.91 Å². The number of ether oxygens (including phenoxy) is 2. The third-order valence-corrected chi connectivity index (χ3v) is 2.71. The summed E-state index contributed by atoms with van der Waals surface area (Å²) in [5.74, 6) is -0.360. The maximum absolute atomic E-state index is 12.3. The predicted molar refractivity (Wildman–Crippen MR) is 76.9 cm³/mol. The molecule has 0 fully saturated rings. The normalized spacial score (nSPS) is 11.5. The van der Waals surface area contributed by atoms with E-state index in [2.05, 4.69) is 10.1 Å². The van der Waals surface area contributed by atoms with Gasteiger partial charge < -0.3 is 20.5 Å². The minimum atomic E-state index is -2.94. The van der Waals surface area contributed by atoms with E-state index in [1.165, 1.54) is 19.2 Å². The highest BCUT2D eigenvalue weighted by atomic mass is 35.5. The van der Waals surface area contributed by atoms with Gasteiger partial charge in [0.05, 0.1) is 7.11 Å². The molecule has 0 bridgehead atoms. The van der Waals surface area contributed by atoms with Crippen molar-refractivity contribution in [2.24, 2.45) is 11.7 Å². The van der Waals surface area contributed by atoms with Crippen molar-refractivity contribution in [3.63, 3.8) is 0 Å². The second-order valence-electron chi connectivity index (χ2n) is 4.22. The van der Waals surface area contributed by atoms with E-state index in [4.69, 9.17) is 10.5 Å². The molecule has 1 unspecified atom stereocenters. The molecule has 0 aliphatic carbocycles. The number of hydrogen-bond donors (Lipinski definition) is 2. The van der Waals surface area contributed by atoms with Crippen LogP contribution in [0.3, 0.4) is 0 Å². The molecule has 1 aromatic rings. The van der Waals surface area contributed by atoms with Crippen LogP contribution in [-0.4, -0.2) is 26.2 Å². The van der Waals surface area contributed by atoms with Crippen LogP contribution < -0.4 is 20.5 Å². The summed E-state index contributed by atoms with van der Waals surface area (Å²) in [5.41, 5.74) is 6.00. The SMILES string of the molecule is COc1ccc(CNC(=O)C(C)CN)cc1OC(F)F.Cl. The fourth-order valence-electron chi connectivity index (χ4n) is 1.49. The van der Waals surface area contributed by atoms with Crippen molar-refractivity contribution in [3.05, 3.63) is 23.8 Å². The van der Waals surface area contributed by atoms with E-state index in [0.29, 0.717) is 5.56 Å². The van der Waals surface area contributed by atoms with Crippen molar-refractivity contribution >= 4 is 18.3 Å². The zero-order valence-electron chi connectivity index (χ0n) is 11.8. The van der Waals surface area contributed by atoms with E-state index in [1.54, 1.807) is 13.0 Å². The molecule has 0 spiro atoms. The Morgan fingerprint density at radius 3 is 2.57 bits per heavy atom. The Labute approximate surface area is 128 Å². The summed E-state index contributed by atoms with van der Waals surface area (Å²) in [5, 5.41) is 2.66. The first-order valence-corrected chi connectivity index (χ1v) is 6.07. The van der Waals surface area contributed by atoms with Gasteiger partial charge >= 0.3 is 6.61 Å². The Balaban J connectivity index is 0.00000400. The van der Waals surface area contributed by atoms with Crippen molar-refractivity contribution in [2.75, 3.05) is 13.7 Å². The highest BCUT2D eigenvalue weighted by Gasteiger charge is 2.13. The minimum Gasteiger partial charge on any atom is -0.493 e. The van der Waals surface area contributed by atoms with Crippen LogP contribution in [0.5, 0.6) is 11.5 Å². The Kier molecular flexibility index (Phi) is 8.64. The van der Waals surface area contributed by atoms with Gasteiger partial charge in [0.1, 0.15) is 0 Å². The molecule has 1 rings (SSSR count). The number of rotatable bonds is 7. The van der Waals surface area contributed by atoms with Crippen molar-refractivity contribution in [3.8, 4) is 11.5 Å². The Bertz CT molecular complexity index is 461. The van der Waals surface area contributed by atoms with Gasteiger partial charge in [0.15, 0.2) is 11.5 Å². The number of hydrogen-bond acceptors (Lipinski definition) is 4. The fourth-order valence-corrected chi connectivity index (χ4v) is 1.49. The molecule has 120 valence electrons. The van der Waals surface area contributed by atoms with Crippen molar-refractivity contribution in [1.82, 2.24) is 5.32 Å². The molecule has 3 N–H and O–H groups in total. The van der Waals surface area contributed by atoms with Crippen LogP contribution in [0.4, 0.5) is 8.78 Å². The number of alkyl halides is 2. The van der Waals surface area contributed by atoms with Gasteiger partial charge in [-0.2, -0.15) is 8.78 Å². The highest BCUT2D eigenvalue weighted by molar-refractivity contribution is 5.85. The summed E-state index contributed by atoms with van der Waals surface area (Å²) in [7, 11) is 1.36. The quantitative estimate of drug-likeness (QED) is 0.804. The molecule has 21 heavy (non-hydrogen) atoms. The number of carbonyl (C=O) groups is 1. The van der Waals surface area contributed by atoms with Crippen LogP contribution >= 0.6 is 12.4 Å². The summed E-state index contributed by atoms with van der Waals surface area (Å²) >= 11 is 0. The van der Waals surface area contributed by atoms with E-state index in [0.717, 1.165) is 0 Å². The van der Waals surface area contributed by atoms with Crippen LogP contribution in [-0.2, 0) is 11.3 Å². The zero-order chi connectivity index (χ0) is 15.1. The monoisotopic (exact) mass is 324 g/mol. The minimum absolute atomic E-state index is 0. The van der Waals surface area contributed by atoms with E-state index >= 15 is 0 Å². The molecular formula is C13H19ClF2N2O3. The van der Waals surface area contributed by atoms with Crippen LogP contribution in [0, 0.1) is 5.92 Å². The van der Waals surface area contributed by atoms with Gasteiger partial charge in [0.25, 0.3) is 0 Å². The Morgan fingerprint density at radius 2 is 2.05 bits per heavy atom. The lowest BCUT2D eigenvalue weighted by Gasteiger charge is -2.13. The van der Waals surface area contributed by atoms with Gasteiger partial charge in [-0.1, -0.05) is 13.0 Å². The van der Waals surface area contributed by atoms with Crippen molar-refractivity contribution < 1.29 is 23.0 Å². The number of carbonyl (C=O) groups excluding carboxylic acids is 1. The molecule has 0 saturated heterocycles. The first-order valence-electron chi connectivity index (χ1n) is 6.07. The summed E-state index contributed by atoms with van der Waals surface area (Å²) in [4.78, 5) is 11.6. The average molecular weight is 325 g/mol. The van der Waals surface area contributed by atoms with E-state index in [1.807, 2.05) is 0 Å². The molecule has 0 aliphatic heterocycles. The summed E-state index contributed by atoms with van der Waals surface area (Å²) in [6, 6.07) is 4.56. The van der Waals surface area contributed by atoms with Crippen molar-refractivity contribution in [2.45, 2.75) is 20.1 Å². The Morgan fingerprint density at radius 1 is 1.38 bits per heavy atom. The van der Waals surface area contributed by atoms with Gasteiger partial charge in [-0.05, 0) is 17.7 Å². The molecule has 1 atom stereocenters. The maximum Gasteiger partial charge on any atom is 0.387 e. The van der Waals surface area contributed by atoms with Crippen LogP contribution in [0.1, 0.15) is 12.5 Å². The second-order valence-corrected chi connectivity index (χ2v) is 4.22. The fraction of sp³-hybridized carbons (Fsp3) is 0.462. The average Bonchev–Trinajstić information content (AvgIpc) is 2.43. The summed E-state index contributed by atoms with van der Waals surface area (Å²) < 4.78 is 33.8. The molecule has 0 saturated carbocycles. The van der Waals surface area contributed by atoms with Gasteiger partial charge in [0, 0.05) is 19.0 Å². The number of methoxy groups -OCH3 is 1. The molecular weight excluding hydrogens is 306 g/mol. The van der Waals surface area contributed by atoms with Gasteiger partial charge in [-0.3, -0.25) is 4.79 Å². The molecule has 1 amide bonds. The standard InChI is InChI=1S/C13H18F2N2O3.ClH/c1-8(6-16)12(18)17-7-9-3-4-10(19-2)11(5-9)20-13(14)15;/h3-5,8,13H,6-7,16H2,1-2H3,(H,17,18);1H. The third kappa shape index (κ3) is 6.14. The van der Waals surface area contributed by atoms with Crippen LogP contribution in [0.2, 0.25) is 0 Å². The predicted octanol–water partition coefficient (Wildman–Crippen LogP) is 1.93.